The molecule has 20 heavy (non-hydrogen) atoms. The maximum atomic E-state index is 12.4. The molecule has 1 saturated carbocycles. The Morgan fingerprint density at radius 3 is 2.15 bits per heavy atom. The normalized spacial score (nSPS) is 19.6. The Balaban J connectivity index is 2.73. The van der Waals surface area contributed by atoms with Crippen LogP contribution in [0.15, 0.2) is 0 Å². The zero-order chi connectivity index (χ0) is 15.4. The molecule has 4 nitrogen and oxygen atoms in total. The van der Waals surface area contributed by atoms with Gasteiger partial charge in [0.1, 0.15) is 0 Å². The molecule has 0 aliphatic heterocycles. The molecular weight excluding hydrogens is 274 g/mol. The first-order valence-electron chi connectivity index (χ1n) is 7.56. The van der Waals surface area contributed by atoms with E-state index in [2.05, 4.69) is 25.5 Å². The van der Waals surface area contributed by atoms with E-state index in [0.717, 1.165) is 57.6 Å². The van der Waals surface area contributed by atoms with Crippen LogP contribution in [0.25, 0.3) is 0 Å². The molecule has 0 heterocycles. The summed E-state index contributed by atoms with van der Waals surface area (Å²) in [5.74, 6) is -0.284. The molecule has 0 aromatic rings. The van der Waals surface area contributed by atoms with Gasteiger partial charge in [0, 0.05) is 0 Å². The SMILES string of the molecule is CC(C)(C)CCCC1(C(=O)NS(C)(=O)=O)CCCCC1. The van der Waals surface area contributed by atoms with E-state index in [1.807, 2.05) is 0 Å². The third kappa shape index (κ3) is 5.81. The molecule has 0 saturated heterocycles. The van der Waals surface area contributed by atoms with Crippen molar-refractivity contribution in [1.82, 2.24) is 4.72 Å². The zero-order valence-corrected chi connectivity index (χ0v) is 14.1. The molecule has 1 aliphatic carbocycles. The van der Waals surface area contributed by atoms with Gasteiger partial charge in [0.2, 0.25) is 15.9 Å². The fourth-order valence-electron chi connectivity index (χ4n) is 3.05. The third-order valence-electron chi connectivity index (χ3n) is 4.15. The van der Waals surface area contributed by atoms with E-state index < -0.39 is 15.4 Å². The van der Waals surface area contributed by atoms with E-state index in [4.69, 9.17) is 0 Å². The first kappa shape index (κ1) is 17.5. The number of hydrogen-bond donors (Lipinski definition) is 1. The Morgan fingerprint density at radius 1 is 1.15 bits per heavy atom. The van der Waals surface area contributed by atoms with Crippen molar-refractivity contribution < 1.29 is 13.2 Å². The van der Waals surface area contributed by atoms with Crippen LogP contribution < -0.4 is 4.72 Å². The predicted molar refractivity (Wildman–Crippen MR) is 81.8 cm³/mol. The summed E-state index contributed by atoms with van der Waals surface area (Å²) in [5.41, 5.74) is -0.213. The molecule has 0 bridgehead atoms. The van der Waals surface area contributed by atoms with Crippen LogP contribution in [-0.2, 0) is 14.8 Å². The Labute approximate surface area is 123 Å². The maximum Gasteiger partial charge on any atom is 0.239 e. The molecule has 0 aromatic carbocycles. The van der Waals surface area contributed by atoms with Crippen molar-refractivity contribution in [3.05, 3.63) is 0 Å². The Morgan fingerprint density at radius 2 is 1.70 bits per heavy atom. The van der Waals surface area contributed by atoms with Gasteiger partial charge in [-0.25, -0.2) is 8.42 Å². The van der Waals surface area contributed by atoms with E-state index >= 15 is 0 Å². The lowest BCUT2D eigenvalue weighted by atomic mass is 9.69. The van der Waals surface area contributed by atoms with Gasteiger partial charge in [-0.05, 0) is 31.1 Å². The molecule has 0 unspecified atom stereocenters. The number of carbonyl (C=O) groups excluding carboxylic acids is 1. The average Bonchev–Trinajstić information content (AvgIpc) is 2.26. The quantitative estimate of drug-likeness (QED) is 0.848. The monoisotopic (exact) mass is 303 g/mol. The fraction of sp³-hybridized carbons (Fsp3) is 0.933. The smallest absolute Gasteiger partial charge is 0.239 e. The van der Waals surface area contributed by atoms with Crippen molar-refractivity contribution >= 4 is 15.9 Å². The summed E-state index contributed by atoms with van der Waals surface area (Å²) in [4.78, 5) is 12.4. The summed E-state index contributed by atoms with van der Waals surface area (Å²) in [6.07, 6.45) is 8.70. The highest BCUT2D eigenvalue weighted by atomic mass is 32.2. The van der Waals surface area contributed by atoms with Crippen molar-refractivity contribution in [2.75, 3.05) is 6.26 Å². The highest BCUT2D eigenvalue weighted by Crippen LogP contribution is 2.42. The molecule has 1 rings (SSSR count). The first-order valence-corrected chi connectivity index (χ1v) is 9.46. The molecule has 5 heteroatoms. The standard InChI is InChI=1S/C15H29NO3S/c1-14(2,3)9-8-12-15(10-6-5-7-11-15)13(17)16-20(4,18)19/h5-12H2,1-4H3,(H,16,17). The number of amides is 1. The fourth-order valence-corrected chi connectivity index (χ4v) is 3.61. The molecule has 1 amide bonds. The number of sulfonamides is 1. The predicted octanol–water partition coefficient (Wildman–Crippen LogP) is 3.23. The van der Waals surface area contributed by atoms with E-state index in [-0.39, 0.29) is 11.3 Å². The van der Waals surface area contributed by atoms with Gasteiger partial charge in [0.25, 0.3) is 0 Å². The lowest BCUT2D eigenvalue weighted by Gasteiger charge is -2.36. The molecule has 1 N–H and O–H groups in total. The molecule has 0 aromatic heterocycles. The van der Waals surface area contributed by atoms with Crippen LogP contribution >= 0.6 is 0 Å². The van der Waals surface area contributed by atoms with Crippen molar-refractivity contribution in [3.63, 3.8) is 0 Å². The second-order valence-corrected chi connectivity index (χ2v) is 9.21. The zero-order valence-electron chi connectivity index (χ0n) is 13.3. The van der Waals surface area contributed by atoms with Gasteiger partial charge in [-0.2, -0.15) is 0 Å². The number of hydrogen-bond acceptors (Lipinski definition) is 3. The van der Waals surface area contributed by atoms with Crippen molar-refractivity contribution in [1.29, 1.82) is 0 Å². The summed E-state index contributed by atoms with van der Waals surface area (Å²) in [6.45, 7) is 6.57. The largest absolute Gasteiger partial charge is 0.273 e. The first-order chi connectivity index (χ1) is 9.04. The maximum absolute atomic E-state index is 12.4. The number of nitrogens with one attached hydrogen (secondary N) is 1. The van der Waals surface area contributed by atoms with Crippen molar-refractivity contribution in [2.24, 2.45) is 10.8 Å². The van der Waals surface area contributed by atoms with Crippen LogP contribution in [0.4, 0.5) is 0 Å². The molecule has 0 atom stereocenters. The lowest BCUT2D eigenvalue weighted by molar-refractivity contribution is -0.131. The van der Waals surface area contributed by atoms with Gasteiger partial charge >= 0.3 is 0 Å². The number of rotatable bonds is 5. The second-order valence-electron chi connectivity index (χ2n) is 7.46. The van der Waals surface area contributed by atoms with Crippen LogP contribution in [0.5, 0.6) is 0 Å². The third-order valence-corrected chi connectivity index (χ3v) is 4.71. The van der Waals surface area contributed by atoms with Crippen LogP contribution in [-0.4, -0.2) is 20.6 Å². The highest BCUT2D eigenvalue weighted by molar-refractivity contribution is 7.89. The summed E-state index contributed by atoms with van der Waals surface area (Å²) >= 11 is 0. The molecule has 1 fully saturated rings. The minimum absolute atomic E-state index is 0.253. The summed E-state index contributed by atoms with van der Waals surface area (Å²) in [7, 11) is -3.46. The molecule has 118 valence electrons. The van der Waals surface area contributed by atoms with Gasteiger partial charge in [-0.1, -0.05) is 46.5 Å². The van der Waals surface area contributed by atoms with Crippen LogP contribution in [0, 0.1) is 10.8 Å². The van der Waals surface area contributed by atoms with E-state index in [1.54, 1.807) is 0 Å². The van der Waals surface area contributed by atoms with Crippen LogP contribution in [0.2, 0.25) is 0 Å². The summed E-state index contributed by atoms with van der Waals surface area (Å²) in [6, 6.07) is 0. The van der Waals surface area contributed by atoms with Crippen LogP contribution in [0.3, 0.4) is 0 Å². The lowest BCUT2D eigenvalue weighted by Crippen LogP contribution is -2.44. The minimum Gasteiger partial charge on any atom is -0.273 e. The van der Waals surface area contributed by atoms with Gasteiger partial charge in [0.15, 0.2) is 0 Å². The Hall–Kier alpha value is -0.580. The van der Waals surface area contributed by atoms with Crippen molar-refractivity contribution in [2.45, 2.75) is 72.1 Å². The Kier molecular flexibility index (Phi) is 5.64. The average molecular weight is 303 g/mol. The Bertz CT molecular complexity index is 429. The highest BCUT2D eigenvalue weighted by Gasteiger charge is 2.40. The molecular formula is C15H29NO3S. The summed E-state index contributed by atoms with van der Waals surface area (Å²) in [5, 5.41) is 0. The molecule has 0 spiro atoms. The van der Waals surface area contributed by atoms with E-state index in [1.165, 1.54) is 0 Å². The topological polar surface area (TPSA) is 63.2 Å². The molecule has 1 aliphatic rings. The van der Waals surface area contributed by atoms with Gasteiger partial charge in [0.05, 0.1) is 11.7 Å². The molecule has 0 radical (unpaired) electrons. The summed E-state index contributed by atoms with van der Waals surface area (Å²) < 4.78 is 24.9. The van der Waals surface area contributed by atoms with E-state index in [9.17, 15) is 13.2 Å². The van der Waals surface area contributed by atoms with Gasteiger partial charge in [-0.3, -0.25) is 9.52 Å². The van der Waals surface area contributed by atoms with Gasteiger partial charge in [-0.15, -0.1) is 0 Å². The minimum atomic E-state index is -3.46. The van der Waals surface area contributed by atoms with Crippen LogP contribution in [0.1, 0.15) is 72.1 Å². The van der Waals surface area contributed by atoms with Crippen molar-refractivity contribution in [3.8, 4) is 0 Å². The number of carbonyl (C=O) groups is 1. The second kappa shape index (κ2) is 6.46. The van der Waals surface area contributed by atoms with E-state index in [0.29, 0.717) is 0 Å². The van der Waals surface area contributed by atoms with Gasteiger partial charge < -0.3 is 0 Å².